The molecule has 0 bridgehead atoms. The highest BCUT2D eigenvalue weighted by Crippen LogP contribution is 2.49. The van der Waals surface area contributed by atoms with E-state index in [4.69, 9.17) is 0 Å². The lowest BCUT2D eigenvalue weighted by Gasteiger charge is -2.20. The molecule has 0 aliphatic carbocycles. The number of hydrogen-bond acceptors (Lipinski definition) is 2. The van der Waals surface area contributed by atoms with Crippen LogP contribution in [0.2, 0.25) is 0 Å². The van der Waals surface area contributed by atoms with Gasteiger partial charge in [-0.2, -0.15) is 0 Å². The Morgan fingerprint density at radius 1 is 0.412 bits per heavy atom. The van der Waals surface area contributed by atoms with Gasteiger partial charge >= 0.3 is 0 Å². The fourth-order valence-corrected chi connectivity index (χ4v) is 6.96. The minimum absolute atomic E-state index is 1.25. The first kappa shape index (κ1) is 19.8. The van der Waals surface area contributed by atoms with Crippen molar-refractivity contribution >= 4 is 33.9 Å². The van der Waals surface area contributed by atoms with Crippen LogP contribution in [-0.4, -0.2) is 0 Å². The smallest absolute Gasteiger partial charge is 0.0349 e. The van der Waals surface area contributed by atoms with E-state index in [9.17, 15) is 0 Å². The predicted octanol–water partition coefficient (Wildman–Crippen LogP) is 10.0. The minimum Gasteiger partial charge on any atom is -0.135 e. The highest BCUT2D eigenvalue weighted by Gasteiger charge is 2.19. The third-order valence-electron chi connectivity index (χ3n) is 6.52. The number of rotatable bonds is 3. The van der Waals surface area contributed by atoms with Crippen molar-refractivity contribution in [2.45, 2.75) is 9.79 Å². The van der Waals surface area contributed by atoms with Crippen LogP contribution in [0.5, 0.6) is 0 Å². The Bertz CT molecular complexity index is 1650. The molecule has 0 atom stereocenters. The summed E-state index contributed by atoms with van der Waals surface area (Å²) in [4.78, 5) is 5.30. The molecule has 1 aromatic heterocycles. The maximum Gasteiger partial charge on any atom is 0.0349 e. The van der Waals surface area contributed by atoms with Crippen LogP contribution in [0.1, 0.15) is 0 Å². The van der Waals surface area contributed by atoms with E-state index in [0.717, 1.165) is 0 Å². The number of hydrogen-bond donors (Lipinski definition) is 0. The monoisotopic (exact) mass is 468 g/mol. The third-order valence-corrected chi connectivity index (χ3v) is 8.84. The van der Waals surface area contributed by atoms with Gasteiger partial charge in [0, 0.05) is 24.9 Å². The Morgan fingerprint density at radius 3 is 1.91 bits per heavy atom. The summed E-state index contributed by atoms with van der Waals surface area (Å²) >= 11 is 3.75. The topological polar surface area (TPSA) is 0 Å². The van der Waals surface area contributed by atoms with Crippen LogP contribution in [0.25, 0.3) is 53.9 Å². The summed E-state index contributed by atoms with van der Waals surface area (Å²) in [6, 6.07) is 44.2. The van der Waals surface area contributed by atoms with Gasteiger partial charge in [0.1, 0.15) is 0 Å². The van der Waals surface area contributed by atoms with Gasteiger partial charge in [0.05, 0.1) is 0 Å². The van der Waals surface area contributed by atoms with Crippen molar-refractivity contribution in [3.63, 3.8) is 0 Å². The first-order chi connectivity index (χ1) is 16.8. The summed E-state index contributed by atoms with van der Waals surface area (Å²) < 4.78 is 0. The normalized spacial score (nSPS) is 12.0. The van der Waals surface area contributed by atoms with Crippen LogP contribution in [0.15, 0.2) is 131 Å². The quantitative estimate of drug-likeness (QED) is 0.248. The maximum atomic E-state index is 2.38. The zero-order valence-electron chi connectivity index (χ0n) is 18.4. The SMILES string of the molecule is c1ccc(-c2ccc(-c3ccc(-c4ccc5c(c4)-c4cccc6cccc(c46)S5)s3)cc2)cc1. The summed E-state index contributed by atoms with van der Waals surface area (Å²) in [7, 11) is 0. The van der Waals surface area contributed by atoms with E-state index in [1.807, 2.05) is 23.1 Å². The molecule has 2 heterocycles. The molecule has 7 rings (SSSR count). The molecule has 34 heavy (non-hydrogen) atoms. The van der Waals surface area contributed by atoms with Crippen LogP contribution in [0.4, 0.5) is 0 Å². The van der Waals surface area contributed by atoms with Gasteiger partial charge in [0.2, 0.25) is 0 Å². The van der Waals surface area contributed by atoms with Gasteiger partial charge in [-0.25, -0.2) is 0 Å². The van der Waals surface area contributed by atoms with Crippen LogP contribution in [0, 0.1) is 0 Å². The van der Waals surface area contributed by atoms with Crippen molar-refractivity contribution in [1.29, 1.82) is 0 Å². The molecule has 0 N–H and O–H groups in total. The van der Waals surface area contributed by atoms with E-state index < -0.39 is 0 Å². The summed E-state index contributed by atoms with van der Waals surface area (Å²) in [5.41, 5.74) is 7.74. The lowest BCUT2D eigenvalue weighted by Crippen LogP contribution is -1.93. The fourth-order valence-electron chi connectivity index (χ4n) is 4.82. The summed E-state index contributed by atoms with van der Waals surface area (Å²) in [6.45, 7) is 0. The molecule has 0 radical (unpaired) electrons. The molecule has 2 heteroatoms. The van der Waals surface area contributed by atoms with Gasteiger partial charge in [-0.3, -0.25) is 0 Å². The Morgan fingerprint density at radius 2 is 1.09 bits per heavy atom. The summed E-state index contributed by atoms with van der Waals surface area (Å²) in [5.74, 6) is 0. The molecule has 0 amide bonds. The van der Waals surface area contributed by atoms with Gasteiger partial charge in [-0.15, -0.1) is 11.3 Å². The molecule has 0 saturated heterocycles. The van der Waals surface area contributed by atoms with E-state index in [1.54, 1.807) is 0 Å². The van der Waals surface area contributed by atoms with E-state index in [-0.39, 0.29) is 0 Å². The van der Waals surface area contributed by atoms with E-state index in [2.05, 4.69) is 121 Å². The van der Waals surface area contributed by atoms with Crippen molar-refractivity contribution in [3.8, 4) is 43.1 Å². The van der Waals surface area contributed by atoms with Crippen LogP contribution < -0.4 is 0 Å². The van der Waals surface area contributed by atoms with Crippen molar-refractivity contribution < 1.29 is 0 Å². The first-order valence-corrected chi connectivity index (χ1v) is 13.1. The fraction of sp³-hybridized carbons (Fsp3) is 0. The van der Waals surface area contributed by atoms with Crippen molar-refractivity contribution in [3.05, 3.63) is 121 Å². The van der Waals surface area contributed by atoms with Crippen LogP contribution in [-0.2, 0) is 0 Å². The molecular weight excluding hydrogens is 448 g/mol. The lowest BCUT2D eigenvalue weighted by molar-refractivity contribution is 1.40. The van der Waals surface area contributed by atoms with Gasteiger partial charge in [0.25, 0.3) is 0 Å². The molecule has 1 aliphatic heterocycles. The summed E-state index contributed by atoms with van der Waals surface area (Å²) in [6.07, 6.45) is 0. The second kappa shape index (κ2) is 8.02. The number of benzene rings is 5. The molecule has 6 aromatic rings. The van der Waals surface area contributed by atoms with Gasteiger partial charge in [-0.05, 0) is 69.1 Å². The molecule has 5 aromatic carbocycles. The molecular formula is C32H20S2. The third kappa shape index (κ3) is 3.30. The molecule has 0 unspecified atom stereocenters. The standard InChI is InChI=1S/C32H20S2/c1-2-6-21(7-3-1)22-12-14-23(15-13-22)28-18-19-29(33-28)25-16-17-30-27(20-25)26-10-4-8-24-9-5-11-31(34-30)32(24)26/h1-20H. The molecule has 0 spiro atoms. The average Bonchev–Trinajstić information content (AvgIpc) is 3.40. The Kier molecular flexibility index (Phi) is 4.68. The second-order valence-electron chi connectivity index (χ2n) is 8.58. The summed E-state index contributed by atoms with van der Waals surface area (Å²) in [5, 5.41) is 2.70. The maximum absolute atomic E-state index is 2.38. The highest BCUT2D eigenvalue weighted by molar-refractivity contribution is 7.99. The van der Waals surface area contributed by atoms with E-state index in [0.29, 0.717) is 0 Å². The molecule has 160 valence electrons. The first-order valence-electron chi connectivity index (χ1n) is 11.4. The zero-order chi connectivity index (χ0) is 22.5. The molecule has 0 saturated carbocycles. The average molecular weight is 469 g/mol. The predicted molar refractivity (Wildman–Crippen MR) is 148 cm³/mol. The number of thiophene rings is 1. The van der Waals surface area contributed by atoms with Crippen LogP contribution >= 0.6 is 23.1 Å². The van der Waals surface area contributed by atoms with Crippen molar-refractivity contribution in [1.82, 2.24) is 0 Å². The van der Waals surface area contributed by atoms with Crippen molar-refractivity contribution in [2.75, 3.05) is 0 Å². The highest BCUT2D eigenvalue weighted by atomic mass is 32.2. The second-order valence-corrected chi connectivity index (χ2v) is 10.7. The Hall–Kier alpha value is -3.59. The van der Waals surface area contributed by atoms with Gasteiger partial charge < -0.3 is 0 Å². The van der Waals surface area contributed by atoms with Gasteiger partial charge in [-0.1, -0.05) is 103 Å². The van der Waals surface area contributed by atoms with Crippen molar-refractivity contribution in [2.24, 2.45) is 0 Å². The van der Waals surface area contributed by atoms with E-state index >= 15 is 0 Å². The molecule has 0 fully saturated rings. The van der Waals surface area contributed by atoms with E-state index in [1.165, 1.54) is 63.7 Å². The Balaban J connectivity index is 1.25. The lowest BCUT2D eigenvalue weighted by atomic mass is 9.96. The molecule has 0 nitrogen and oxygen atoms in total. The van der Waals surface area contributed by atoms with Gasteiger partial charge in [0.15, 0.2) is 0 Å². The van der Waals surface area contributed by atoms with Crippen LogP contribution in [0.3, 0.4) is 0 Å². The molecule has 1 aliphatic rings. The number of fused-ring (bicyclic) bond motifs is 2. The largest absolute Gasteiger partial charge is 0.135 e. The minimum atomic E-state index is 1.25. The zero-order valence-corrected chi connectivity index (χ0v) is 20.0. The Labute approximate surface area is 207 Å².